The summed E-state index contributed by atoms with van der Waals surface area (Å²) in [6.07, 6.45) is 0. The van der Waals surface area contributed by atoms with Crippen LogP contribution in [0.1, 0.15) is 15.9 Å². The number of carbonyl (C=O) groups excluding carboxylic acids is 1. The van der Waals surface area contributed by atoms with Gasteiger partial charge < -0.3 is 0 Å². The van der Waals surface area contributed by atoms with Gasteiger partial charge in [0, 0.05) is 10.0 Å². The first-order valence-corrected chi connectivity index (χ1v) is 4.75. The largest absolute Gasteiger partial charge is 0.284 e. The molecular weight excluding hydrogens is 273 g/mol. The summed E-state index contributed by atoms with van der Waals surface area (Å²) in [5.41, 5.74) is 0.0603. The molecule has 0 heterocycles. The Kier molecular flexibility index (Phi) is 3.23. The zero-order chi connectivity index (χ0) is 10.9. The van der Waals surface area contributed by atoms with Crippen LogP contribution in [-0.4, -0.2) is 10.2 Å². The van der Waals surface area contributed by atoms with Gasteiger partial charge in [0.1, 0.15) is 5.56 Å². The number of halogens is 2. The van der Waals surface area contributed by atoms with Crippen molar-refractivity contribution in [1.82, 2.24) is 0 Å². The third-order valence-corrected chi connectivity index (χ3v) is 2.32. The zero-order valence-electron chi connectivity index (χ0n) is 7.08. The lowest BCUT2D eigenvalue weighted by molar-refractivity contribution is -0.385. The van der Waals surface area contributed by atoms with Gasteiger partial charge in [-0.3, -0.25) is 14.9 Å². The minimum atomic E-state index is -0.832. The molecule has 0 aliphatic heterocycles. The van der Waals surface area contributed by atoms with Gasteiger partial charge in [-0.1, -0.05) is 15.9 Å². The van der Waals surface area contributed by atoms with Crippen LogP contribution in [0.25, 0.3) is 0 Å². The predicted octanol–water partition coefficient (Wildman–Crippen LogP) is 3.04. The number of hydrogen-bond donors (Lipinski definition) is 0. The van der Waals surface area contributed by atoms with Gasteiger partial charge in [0.25, 0.3) is 10.9 Å². The number of benzene rings is 1. The van der Waals surface area contributed by atoms with Gasteiger partial charge in [0.15, 0.2) is 0 Å². The van der Waals surface area contributed by atoms with E-state index in [0.29, 0.717) is 10.0 Å². The highest BCUT2D eigenvalue weighted by molar-refractivity contribution is 9.10. The van der Waals surface area contributed by atoms with Crippen LogP contribution in [0.4, 0.5) is 5.69 Å². The van der Waals surface area contributed by atoms with Crippen molar-refractivity contribution >= 4 is 38.5 Å². The Bertz CT molecular complexity index is 419. The van der Waals surface area contributed by atoms with E-state index in [4.69, 9.17) is 11.6 Å². The van der Waals surface area contributed by atoms with Gasteiger partial charge in [0.2, 0.25) is 0 Å². The molecule has 0 unspecified atom stereocenters. The predicted molar refractivity (Wildman–Crippen MR) is 55.7 cm³/mol. The Morgan fingerprint density at radius 1 is 1.57 bits per heavy atom. The molecule has 0 aliphatic carbocycles. The summed E-state index contributed by atoms with van der Waals surface area (Å²) in [6.45, 7) is 1.55. The third kappa shape index (κ3) is 2.10. The van der Waals surface area contributed by atoms with Gasteiger partial charge in [-0.15, -0.1) is 0 Å². The van der Waals surface area contributed by atoms with E-state index < -0.39 is 10.2 Å². The van der Waals surface area contributed by atoms with E-state index in [2.05, 4.69) is 15.9 Å². The van der Waals surface area contributed by atoms with Crippen molar-refractivity contribution in [3.05, 3.63) is 37.8 Å². The number of nitrogens with zero attached hydrogens (tertiary/aromatic N) is 1. The van der Waals surface area contributed by atoms with Crippen LogP contribution in [0, 0.1) is 17.0 Å². The standard InChI is InChI=1S/C8H5BrClNO3/c1-4-2-5(9)3-6(8(10)12)7(4)11(13)14/h2-3H,1H3. The molecule has 0 bridgehead atoms. The Balaban J connectivity index is 3.52. The van der Waals surface area contributed by atoms with E-state index in [9.17, 15) is 14.9 Å². The molecule has 0 amide bonds. The quantitative estimate of drug-likeness (QED) is 0.474. The minimum Gasteiger partial charge on any atom is -0.275 e. The lowest BCUT2D eigenvalue weighted by Gasteiger charge is -2.02. The van der Waals surface area contributed by atoms with E-state index in [1.165, 1.54) is 6.07 Å². The van der Waals surface area contributed by atoms with Crippen molar-refractivity contribution in [3.8, 4) is 0 Å². The maximum atomic E-state index is 10.9. The van der Waals surface area contributed by atoms with Gasteiger partial charge >= 0.3 is 0 Å². The fraction of sp³-hybridized carbons (Fsp3) is 0.125. The van der Waals surface area contributed by atoms with Crippen molar-refractivity contribution in [2.45, 2.75) is 6.92 Å². The van der Waals surface area contributed by atoms with Gasteiger partial charge in [-0.2, -0.15) is 0 Å². The SMILES string of the molecule is Cc1cc(Br)cc(C(=O)Cl)c1[N+](=O)[O-]. The Morgan fingerprint density at radius 3 is 2.57 bits per heavy atom. The minimum absolute atomic E-state index is 0.0939. The maximum absolute atomic E-state index is 10.9. The highest BCUT2D eigenvalue weighted by atomic mass is 79.9. The molecule has 0 saturated heterocycles. The first-order chi connectivity index (χ1) is 6.43. The molecule has 0 radical (unpaired) electrons. The van der Waals surface area contributed by atoms with Crippen LogP contribution < -0.4 is 0 Å². The van der Waals surface area contributed by atoms with Crippen LogP contribution in [0.5, 0.6) is 0 Å². The van der Waals surface area contributed by atoms with E-state index >= 15 is 0 Å². The molecule has 14 heavy (non-hydrogen) atoms. The lowest BCUT2D eigenvalue weighted by Crippen LogP contribution is -2.00. The van der Waals surface area contributed by atoms with E-state index in [1.807, 2.05) is 0 Å². The molecule has 0 atom stereocenters. The molecule has 0 saturated carbocycles. The second-order valence-corrected chi connectivity index (χ2v) is 3.91. The number of carbonyl (C=O) groups is 1. The summed E-state index contributed by atoms with van der Waals surface area (Å²) in [5, 5.41) is 9.81. The van der Waals surface area contributed by atoms with Crippen LogP contribution >= 0.6 is 27.5 Å². The summed E-state index contributed by atoms with van der Waals surface area (Å²) in [6, 6.07) is 2.89. The van der Waals surface area contributed by atoms with Gasteiger partial charge in [-0.05, 0) is 30.7 Å². The molecule has 0 aromatic heterocycles. The molecule has 1 rings (SSSR count). The van der Waals surface area contributed by atoms with E-state index in [0.717, 1.165) is 0 Å². The first-order valence-electron chi connectivity index (χ1n) is 3.58. The van der Waals surface area contributed by atoms with Crippen LogP contribution in [-0.2, 0) is 0 Å². The maximum Gasteiger partial charge on any atom is 0.284 e. The molecule has 1 aromatic carbocycles. The van der Waals surface area contributed by atoms with Crippen molar-refractivity contribution < 1.29 is 9.72 Å². The highest BCUT2D eigenvalue weighted by Crippen LogP contribution is 2.28. The third-order valence-electron chi connectivity index (χ3n) is 1.66. The summed E-state index contributed by atoms with van der Waals surface area (Å²) >= 11 is 8.36. The van der Waals surface area contributed by atoms with E-state index in [-0.39, 0.29) is 11.3 Å². The number of nitro groups is 1. The summed E-state index contributed by atoms with van der Waals surface area (Å²) in [4.78, 5) is 20.9. The molecule has 6 heteroatoms. The Morgan fingerprint density at radius 2 is 2.14 bits per heavy atom. The molecule has 4 nitrogen and oxygen atoms in total. The Hall–Kier alpha value is -0.940. The van der Waals surface area contributed by atoms with Crippen LogP contribution in [0.15, 0.2) is 16.6 Å². The topological polar surface area (TPSA) is 60.2 Å². The fourth-order valence-electron chi connectivity index (χ4n) is 1.13. The number of rotatable bonds is 2. The smallest absolute Gasteiger partial charge is 0.275 e. The molecular formula is C8H5BrClNO3. The second kappa shape index (κ2) is 4.06. The molecule has 0 N–H and O–H groups in total. The summed E-state index contributed by atoms with van der Waals surface area (Å²) < 4.78 is 0.588. The van der Waals surface area contributed by atoms with Crippen molar-refractivity contribution in [2.75, 3.05) is 0 Å². The molecule has 1 aromatic rings. The highest BCUT2D eigenvalue weighted by Gasteiger charge is 2.22. The fourth-order valence-corrected chi connectivity index (χ4v) is 1.84. The average molecular weight is 278 g/mol. The number of hydrogen-bond acceptors (Lipinski definition) is 3. The zero-order valence-corrected chi connectivity index (χ0v) is 9.42. The second-order valence-electron chi connectivity index (χ2n) is 2.65. The molecule has 0 spiro atoms. The number of nitro benzene ring substituents is 1. The average Bonchev–Trinajstić information content (AvgIpc) is 2.01. The first kappa shape index (κ1) is 11.1. The molecule has 0 fully saturated rings. The van der Waals surface area contributed by atoms with Crippen LogP contribution in [0.2, 0.25) is 0 Å². The van der Waals surface area contributed by atoms with Crippen molar-refractivity contribution in [2.24, 2.45) is 0 Å². The lowest BCUT2D eigenvalue weighted by atomic mass is 10.1. The summed E-state index contributed by atoms with van der Waals surface area (Å²) in [5.74, 6) is 0. The van der Waals surface area contributed by atoms with Gasteiger partial charge in [-0.25, -0.2) is 0 Å². The normalized spacial score (nSPS) is 9.93. The molecule has 74 valence electrons. The van der Waals surface area contributed by atoms with E-state index in [1.54, 1.807) is 13.0 Å². The Labute approximate surface area is 93.1 Å². The number of aryl methyl sites for hydroxylation is 1. The summed E-state index contributed by atoms with van der Waals surface area (Å²) in [7, 11) is 0. The van der Waals surface area contributed by atoms with Crippen molar-refractivity contribution in [3.63, 3.8) is 0 Å². The monoisotopic (exact) mass is 277 g/mol. The van der Waals surface area contributed by atoms with Gasteiger partial charge in [0.05, 0.1) is 4.92 Å². The molecule has 0 aliphatic rings. The van der Waals surface area contributed by atoms with Crippen molar-refractivity contribution in [1.29, 1.82) is 0 Å². The van der Waals surface area contributed by atoms with Crippen LogP contribution in [0.3, 0.4) is 0 Å².